The van der Waals surface area contributed by atoms with Crippen LogP contribution in [-0.2, 0) is 19.1 Å². The standard InChI is InChI=1S/C40H58O4/c1-22(41)43-37-16-14-26-30(37)13-11-28-32-7-5-9-36-39(32)24(20-33(26)28)18-19-40(36)21-34-25(29-6-3-4-8-35(29)40)10-12-31-27(34)15-17-38(31)44-23(2)42/h24-25,27-32,34-39H,3-21H2,1-2H3. The molecule has 9 rings (SSSR count). The van der Waals surface area contributed by atoms with Gasteiger partial charge >= 0.3 is 11.9 Å². The van der Waals surface area contributed by atoms with E-state index >= 15 is 0 Å². The molecule has 0 aliphatic heterocycles. The van der Waals surface area contributed by atoms with Crippen LogP contribution < -0.4 is 0 Å². The van der Waals surface area contributed by atoms with Crippen LogP contribution >= 0.6 is 0 Å². The second-order valence-electron chi connectivity index (χ2n) is 17.8. The van der Waals surface area contributed by atoms with Gasteiger partial charge in [0.15, 0.2) is 0 Å². The molecule has 4 nitrogen and oxygen atoms in total. The van der Waals surface area contributed by atoms with Crippen LogP contribution in [0.1, 0.15) is 136 Å². The Morgan fingerprint density at radius 3 is 2.16 bits per heavy atom. The van der Waals surface area contributed by atoms with Gasteiger partial charge in [0.1, 0.15) is 12.2 Å². The van der Waals surface area contributed by atoms with E-state index in [1.807, 2.05) is 5.57 Å². The Bertz CT molecular complexity index is 1200. The maximum absolute atomic E-state index is 12.0. The Morgan fingerprint density at radius 2 is 1.30 bits per heavy atom. The molecule has 15 atom stereocenters. The quantitative estimate of drug-likeness (QED) is 0.234. The second-order valence-corrected chi connectivity index (χ2v) is 17.8. The average molecular weight is 603 g/mol. The molecule has 0 heterocycles. The van der Waals surface area contributed by atoms with E-state index in [0.717, 1.165) is 72.0 Å². The zero-order valence-corrected chi connectivity index (χ0v) is 27.7. The third-order valence-corrected chi connectivity index (χ3v) is 16.6. The van der Waals surface area contributed by atoms with Crippen LogP contribution in [0.25, 0.3) is 0 Å². The van der Waals surface area contributed by atoms with Gasteiger partial charge in [-0.3, -0.25) is 9.59 Å². The summed E-state index contributed by atoms with van der Waals surface area (Å²) < 4.78 is 11.9. The lowest BCUT2D eigenvalue weighted by Crippen LogP contribution is -2.61. The summed E-state index contributed by atoms with van der Waals surface area (Å²) in [7, 11) is 0. The number of rotatable bonds is 2. The largest absolute Gasteiger partial charge is 0.462 e. The van der Waals surface area contributed by atoms with Gasteiger partial charge in [-0.2, -0.15) is 0 Å². The Labute approximate surface area is 266 Å². The Balaban J connectivity index is 1.04. The summed E-state index contributed by atoms with van der Waals surface area (Å²) in [6, 6.07) is 0. The predicted octanol–water partition coefficient (Wildman–Crippen LogP) is 9.06. The van der Waals surface area contributed by atoms with Crippen molar-refractivity contribution in [1.82, 2.24) is 0 Å². The van der Waals surface area contributed by atoms with Gasteiger partial charge < -0.3 is 9.47 Å². The molecule has 9 aliphatic rings. The summed E-state index contributed by atoms with van der Waals surface area (Å²) >= 11 is 0. The van der Waals surface area contributed by atoms with Crippen LogP contribution in [-0.4, -0.2) is 24.1 Å². The summed E-state index contributed by atoms with van der Waals surface area (Å²) in [4.78, 5) is 23.9. The minimum atomic E-state index is -0.0840. The molecule has 44 heavy (non-hydrogen) atoms. The third-order valence-electron chi connectivity index (χ3n) is 16.6. The highest BCUT2D eigenvalue weighted by atomic mass is 16.5. The van der Waals surface area contributed by atoms with Crippen molar-refractivity contribution in [3.63, 3.8) is 0 Å². The highest BCUT2D eigenvalue weighted by Gasteiger charge is 2.65. The lowest BCUT2D eigenvalue weighted by Gasteiger charge is -2.68. The summed E-state index contributed by atoms with van der Waals surface area (Å²) in [5.41, 5.74) is 4.23. The molecule has 9 aliphatic carbocycles. The van der Waals surface area contributed by atoms with Gasteiger partial charge in [-0.1, -0.05) is 30.4 Å². The van der Waals surface area contributed by atoms with Crippen molar-refractivity contribution in [2.45, 2.75) is 148 Å². The van der Waals surface area contributed by atoms with Crippen molar-refractivity contribution in [3.8, 4) is 0 Å². The number of carbonyl (C=O) groups is 2. The minimum Gasteiger partial charge on any atom is -0.462 e. The van der Waals surface area contributed by atoms with E-state index in [1.165, 1.54) is 109 Å². The van der Waals surface area contributed by atoms with E-state index in [-0.39, 0.29) is 24.1 Å². The SMILES string of the molecule is CC(=O)OC1CCC2=C3CC4CCC5(CC6C7CCC(OC(C)=O)C7CCC6C6CCCCC65)C5CCCC(C3CCC21)C45. The molecule has 1 spiro atoms. The second kappa shape index (κ2) is 10.9. The first-order valence-electron chi connectivity index (χ1n) is 19.5. The molecule has 0 aromatic heterocycles. The van der Waals surface area contributed by atoms with Crippen molar-refractivity contribution in [3.05, 3.63) is 11.1 Å². The van der Waals surface area contributed by atoms with Crippen molar-refractivity contribution in [1.29, 1.82) is 0 Å². The van der Waals surface area contributed by atoms with E-state index < -0.39 is 0 Å². The average Bonchev–Trinajstić information content (AvgIpc) is 3.62. The zero-order chi connectivity index (χ0) is 29.7. The van der Waals surface area contributed by atoms with Gasteiger partial charge in [0.25, 0.3) is 0 Å². The number of allylic oxidation sites excluding steroid dienone is 1. The maximum atomic E-state index is 12.0. The van der Waals surface area contributed by atoms with Crippen molar-refractivity contribution in [2.24, 2.45) is 76.4 Å². The van der Waals surface area contributed by atoms with E-state index in [9.17, 15) is 9.59 Å². The van der Waals surface area contributed by atoms with Gasteiger partial charge in [-0.25, -0.2) is 0 Å². The van der Waals surface area contributed by atoms with Crippen molar-refractivity contribution >= 4 is 11.9 Å². The molecule has 0 bridgehead atoms. The Morgan fingerprint density at radius 1 is 0.591 bits per heavy atom. The maximum Gasteiger partial charge on any atom is 0.302 e. The molecular formula is C40H58O4. The van der Waals surface area contributed by atoms with Crippen LogP contribution in [0.2, 0.25) is 0 Å². The fourth-order valence-electron chi connectivity index (χ4n) is 15.8. The van der Waals surface area contributed by atoms with Crippen molar-refractivity contribution < 1.29 is 19.1 Å². The monoisotopic (exact) mass is 602 g/mol. The van der Waals surface area contributed by atoms with Crippen molar-refractivity contribution in [2.75, 3.05) is 0 Å². The number of esters is 2. The van der Waals surface area contributed by atoms with Crippen LogP contribution in [0, 0.1) is 76.4 Å². The summed E-state index contributed by atoms with van der Waals surface area (Å²) in [6.07, 6.45) is 26.7. The van der Waals surface area contributed by atoms with Crippen LogP contribution in [0.5, 0.6) is 0 Å². The summed E-state index contributed by atoms with van der Waals surface area (Å²) in [5, 5.41) is 0. The molecule has 0 N–H and O–H groups in total. The fraction of sp³-hybridized carbons (Fsp3) is 0.900. The van der Waals surface area contributed by atoms with E-state index in [1.54, 1.807) is 19.4 Å². The number of hydrogen-bond donors (Lipinski definition) is 0. The highest BCUT2D eigenvalue weighted by Crippen LogP contribution is 2.72. The summed E-state index contributed by atoms with van der Waals surface area (Å²) in [5.74, 6) is 10.2. The minimum absolute atomic E-state index is 0.0584. The number of hydrogen-bond acceptors (Lipinski definition) is 4. The first-order valence-corrected chi connectivity index (χ1v) is 19.5. The number of fused-ring (bicyclic) bond motifs is 10. The molecule has 8 fully saturated rings. The van der Waals surface area contributed by atoms with Gasteiger partial charge in [0.2, 0.25) is 0 Å². The zero-order valence-electron chi connectivity index (χ0n) is 27.7. The van der Waals surface area contributed by atoms with E-state index in [4.69, 9.17) is 9.47 Å². The predicted molar refractivity (Wildman–Crippen MR) is 170 cm³/mol. The smallest absolute Gasteiger partial charge is 0.302 e. The molecule has 0 saturated heterocycles. The number of ether oxygens (including phenoxy) is 2. The van der Waals surface area contributed by atoms with Gasteiger partial charge in [0, 0.05) is 19.8 Å². The van der Waals surface area contributed by atoms with Gasteiger partial charge in [-0.05, 0) is 173 Å². The first kappa shape index (κ1) is 28.9. The molecular weight excluding hydrogens is 544 g/mol. The molecule has 0 amide bonds. The Hall–Kier alpha value is -1.32. The normalized spacial score (nSPS) is 52.1. The lowest BCUT2D eigenvalue weighted by molar-refractivity contribution is -0.189. The fourth-order valence-corrected chi connectivity index (χ4v) is 15.8. The van der Waals surface area contributed by atoms with Gasteiger partial charge in [-0.15, -0.1) is 0 Å². The van der Waals surface area contributed by atoms with E-state index in [2.05, 4.69) is 0 Å². The molecule has 8 saturated carbocycles. The van der Waals surface area contributed by atoms with Gasteiger partial charge in [0.05, 0.1) is 0 Å². The van der Waals surface area contributed by atoms with Crippen LogP contribution in [0.15, 0.2) is 11.1 Å². The molecule has 0 radical (unpaired) electrons. The molecule has 0 aromatic rings. The molecule has 4 heteroatoms. The molecule has 0 aromatic carbocycles. The molecule has 242 valence electrons. The lowest BCUT2D eigenvalue weighted by atomic mass is 9.36. The van der Waals surface area contributed by atoms with E-state index in [0.29, 0.717) is 17.3 Å². The topological polar surface area (TPSA) is 52.6 Å². The highest BCUT2D eigenvalue weighted by molar-refractivity contribution is 5.66. The first-order chi connectivity index (χ1) is 21.4. The third kappa shape index (κ3) is 4.26. The molecule has 15 unspecified atom stereocenters. The summed E-state index contributed by atoms with van der Waals surface area (Å²) in [6.45, 7) is 3.23. The Kier molecular flexibility index (Phi) is 7.13. The number of carbonyl (C=O) groups excluding carboxylic acids is 2. The van der Waals surface area contributed by atoms with Crippen LogP contribution in [0.4, 0.5) is 0 Å². The van der Waals surface area contributed by atoms with Crippen LogP contribution in [0.3, 0.4) is 0 Å².